The molecule has 0 bridgehead atoms. The molecule has 0 aliphatic rings. The first-order valence-electron chi connectivity index (χ1n) is 7.95. The number of nitrogens with zero attached hydrogens (tertiary/aromatic N) is 5. The van der Waals surface area contributed by atoms with E-state index in [1.807, 2.05) is 28.8 Å². The van der Waals surface area contributed by atoms with Crippen LogP contribution >= 0.6 is 23.2 Å². The van der Waals surface area contributed by atoms with Gasteiger partial charge in [0.1, 0.15) is 18.3 Å². The van der Waals surface area contributed by atoms with Crippen molar-refractivity contribution in [3.05, 3.63) is 77.1 Å². The molecule has 0 aliphatic carbocycles. The Morgan fingerprint density at radius 3 is 2.65 bits per heavy atom. The number of halogens is 2. The number of fused-ring (bicyclic) bond motifs is 1. The number of para-hydroxylation sites is 2. The maximum Gasteiger partial charge on any atom is 0.137 e. The van der Waals surface area contributed by atoms with Gasteiger partial charge in [0.15, 0.2) is 0 Å². The Morgan fingerprint density at radius 2 is 1.88 bits per heavy atom. The second-order valence-electron chi connectivity index (χ2n) is 6.11. The third kappa shape index (κ3) is 3.19. The van der Waals surface area contributed by atoms with Gasteiger partial charge in [0.25, 0.3) is 0 Å². The van der Waals surface area contributed by atoms with Crippen molar-refractivity contribution >= 4 is 34.2 Å². The highest BCUT2D eigenvalue weighted by atomic mass is 35.5. The Kier molecular flexibility index (Phi) is 4.40. The van der Waals surface area contributed by atoms with Crippen LogP contribution in [0.4, 0.5) is 0 Å². The van der Waals surface area contributed by atoms with Gasteiger partial charge in [-0.3, -0.25) is 0 Å². The van der Waals surface area contributed by atoms with Gasteiger partial charge in [0.05, 0.1) is 30.5 Å². The molecule has 26 heavy (non-hydrogen) atoms. The molecular formula is C18H15Cl2N5O. The van der Waals surface area contributed by atoms with Crippen molar-refractivity contribution < 1.29 is 5.11 Å². The van der Waals surface area contributed by atoms with E-state index in [4.69, 9.17) is 23.2 Å². The Morgan fingerprint density at radius 1 is 1.04 bits per heavy atom. The lowest BCUT2D eigenvalue weighted by Gasteiger charge is -2.30. The molecular weight excluding hydrogens is 373 g/mol. The van der Waals surface area contributed by atoms with Gasteiger partial charge in [-0.25, -0.2) is 14.6 Å². The number of hydrogen-bond donors (Lipinski definition) is 1. The standard InChI is InChI=1S/C18H15Cl2N5O/c19-13-5-6-14(15(20)7-13)18(26,9-25-11-21-10-23-25)8-24-12-22-16-3-1-2-4-17(16)24/h1-7,10-12,26H,8-9H2/t18-/m1/s1. The van der Waals surface area contributed by atoms with Crippen LogP contribution in [0.15, 0.2) is 61.4 Å². The van der Waals surface area contributed by atoms with E-state index in [1.54, 1.807) is 35.5 Å². The van der Waals surface area contributed by atoms with Crippen molar-refractivity contribution in [2.75, 3.05) is 0 Å². The van der Waals surface area contributed by atoms with Crippen LogP contribution in [-0.4, -0.2) is 29.4 Å². The van der Waals surface area contributed by atoms with Gasteiger partial charge in [0, 0.05) is 15.6 Å². The molecule has 0 saturated heterocycles. The zero-order valence-electron chi connectivity index (χ0n) is 13.6. The Labute approximate surface area is 159 Å². The molecule has 8 heteroatoms. The van der Waals surface area contributed by atoms with E-state index in [-0.39, 0.29) is 13.1 Å². The SMILES string of the molecule is O[C@@](Cn1cncn1)(Cn1cnc2ccccc21)c1ccc(Cl)cc1Cl. The van der Waals surface area contributed by atoms with Crippen LogP contribution in [0.5, 0.6) is 0 Å². The fourth-order valence-electron chi connectivity index (χ4n) is 3.09. The molecule has 6 nitrogen and oxygen atoms in total. The summed E-state index contributed by atoms with van der Waals surface area (Å²) < 4.78 is 3.47. The topological polar surface area (TPSA) is 68.8 Å². The van der Waals surface area contributed by atoms with Crippen LogP contribution in [0.1, 0.15) is 5.56 Å². The summed E-state index contributed by atoms with van der Waals surface area (Å²) in [6.07, 6.45) is 4.69. The lowest BCUT2D eigenvalue weighted by molar-refractivity contribution is -0.00117. The van der Waals surface area contributed by atoms with Gasteiger partial charge < -0.3 is 9.67 Å². The summed E-state index contributed by atoms with van der Waals surface area (Å²) in [5, 5.41) is 16.6. The maximum atomic E-state index is 11.6. The van der Waals surface area contributed by atoms with Crippen molar-refractivity contribution in [3.8, 4) is 0 Å². The van der Waals surface area contributed by atoms with Gasteiger partial charge in [0.2, 0.25) is 0 Å². The zero-order chi connectivity index (χ0) is 18.1. The second-order valence-corrected chi connectivity index (χ2v) is 6.95. The van der Waals surface area contributed by atoms with Gasteiger partial charge in [-0.05, 0) is 24.3 Å². The van der Waals surface area contributed by atoms with Crippen LogP contribution < -0.4 is 0 Å². The summed E-state index contributed by atoms with van der Waals surface area (Å²) in [7, 11) is 0. The van der Waals surface area contributed by atoms with Gasteiger partial charge >= 0.3 is 0 Å². The summed E-state index contributed by atoms with van der Waals surface area (Å²) in [6, 6.07) is 12.8. The highest BCUT2D eigenvalue weighted by Crippen LogP contribution is 2.34. The van der Waals surface area contributed by atoms with Gasteiger partial charge in [-0.1, -0.05) is 41.4 Å². The van der Waals surface area contributed by atoms with Crippen molar-refractivity contribution in [1.82, 2.24) is 24.3 Å². The first-order chi connectivity index (χ1) is 12.5. The summed E-state index contributed by atoms with van der Waals surface area (Å²) in [5.41, 5.74) is 1.02. The molecule has 0 unspecified atom stereocenters. The zero-order valence-corrected chi connectivity index (χ0v) is 15.1. The van der Waals surface area contributed by atoms with Crippen LogP contribution in [0.2, 0.25) is 10.0 Å². The number of rotatable bonds is 5. The van der Waals surface area contributed by atoms with E-state index in [0.29, 0.717) is 15.6 Å². The molecule has 2 heterocycles. The number of imidazole rings is 1. The molecule has 0 radical (unpaired) electrons. The Balaban J connectivity index is 1.79. The minimum absolute atomic E-state index is 0.181. The Bertz CT molecular complexity index is 1050. The molecule has 0 fully saturated rings. The summed E-state index contributed by atoms with van der Waals surface area (Å²) in [6.45, 7) is 0.426. The van der Waals surface area contributed by atoms with Crippen molar-refractivity contribution in [1.29, 1.82) is 0 Å². The Hall–Kier alpha value is -2.41. The lowest BCUT2D eigenvalue weighted by atomic mass is 9.93. The molecule has 0 spiro atoms. The van der Waals surface area contributed by atoms with E-state index in [2.05, 4.69) is 15.1 Å². The molecule has 0 amide bonds. The molecule has 1 N–H and O–H groups in total. The van der Waals surface area contributed by atoms with Gasteiger partial charge in [-0.15, -0.1) is 0 Å². The van der Waals surface area contributed by atoms with E-state index >= 15 is 0 Å². The number of benzene rings is 2. The van der Waals surface area contributed by atoms with Crippen LogP contribution in [0.3, 0.4) is 0 Å². The van der Waals surface area contributed by atoms with E-state index in [1.165, 1.54) is 6.33 Å². The minimum atomic E-state index is -1.33. The van der Waals surface area contributed by atoms with E-state index < -0.39 is 5.60 Å². The third-order valence-corrected chi connectivity index (χ3v) is 4.83. The quantitative estimate of drug-likeness (QED) is 0.568. The lowest BCUT2D eigenvalue weighted by Crippen LogP contribution is -2.36. The first-order valence-corrected chi connectivity index (χ1v) is 8.71. The number of aliphatic hydroxyl groups is 1. The monoisotopic (exact) mass is 387 g/mol. The normalized spacial score (nSPS) is 13.8. The highest BCUT2D eigenvalue weighted by Gasteiger charge is 2.33. The van der Waals surface area contributed by atoms with E-state index in [0.717, 1.165) is 11.0 Å². The van der Waals surface area contributed by atoms with Crippen LogP contribution in [-0.2, 0) is 18.7 Å². The van der Waals surface area contributed by atoms with Crippen molar-refractivity contribution in [3.63, 3.8) is 0 Å². The molecule has 2 aromatic carbocycles. The van der Waals surface area contributed by atoms with Crippen LogP contribution in [0, 0.1) is 0 Å². The fourth-order valence-corrected chi connectivity index (χ4v) is 3.67. The molecule has 132 valence electrons. The smallest absolute Gasteiger partial charge is 0.137 e. The molecule has 0 saturated carbocycles. The number of aromatic nitrogens is 5. The minimum Gasteiger partial charge on any atom is -0.381 e. The summed E-state index contributed by atoms with van der Waals surface area (Å²) in [5.74, 6) is 0. The predicted molar refractivity (Wildman–Crippen MR) is 100 cm³/mol. The molecule has 0 aliphatic heterocycles. The molecule has 4 rings (SSSR count). The highest BCUT2D eigenvalue weighted by molar-refractivity contribution is 6.35. The predicted octanol–water partition coefficient (Wildman–Crippen LogP) is 3.52. The average molecular weight is 388 g/mol. The van der Waals surface area contributed by atoms with Crippen LogP contribution in [0.25, 0.3) is 11.0 Å². The summed E-state index contributed by atoms with van der Waals surface area (Å²) in [4.78, 5) is 8.34. The summed E-state index contributed by atoms with van der Waals surface area (Å²) >= 11 is 12.4. The maximum absolute atomic E-state index is 11.6. The van der Waals surface area contributed by atoms with E-state index in [9.17, 15) is 5.11 Å². The fraction of sp³-hybridized carbons (Fsp3) is 0.167. The molecule has 1 atom stereocenters. The third-order valence-electron chi connectivity index (χ3n) is 4.28. The van der Waals surface area contributed by atoms with Crippen molar-refractivity contribution in [2.45, 2.75) is 18.7 Å². The van der Waals surface area contributed by atoms with Crippen molar-refractivity contribution in [2.24, 2.45) is 0 Å². The number of hydrogen-bond acceptors (Lipinski definition) is 4. The largest absolute Gasteiger partial charge is 0.381 e. The second kappa shape index (κ2) is 6.72. The average Bonchev–Trinajstić information content (AvgIpc) is 3.25. The first kappa shape index (κ1) is 17.0. The van der Waals surface area contributed by atoms with Gasteiger partial charge in [-0.2, -0.15) is 5.10 Å². The molecule has 4 aromatic rings. The molecule has 2 aromatic heterocycles.